The molecule has 0 aliphatic carbocycles. The van der Waals surface area contributed by atoms with E-state index in [1.54, 1.807) is 4.94 Å². The summed E-state index contributed by atoms with van der Waals surface area (Å²) in [6, 6.07) is 1.50. The largest absolute Gasteiger partial charge is 1.00 e. The molecule has 0 fully saturated rings. The van der Waals surface area contributed by atoms with Gasteiger partial charge < -0.3 is 25.7 Å². The number of hydrazine groups is 1. The van der Waals surface area contributed by atoms with E-state index in [4.69, 9.17) is 45.7 Å². The summed E-state index contributed by atoms with van der Waals surface area (Å²) in [4.78, 5) is 1.71. The average molecular weight is 461 g/mol. The van der Waals surface area contributed by atoms with E-state index in [0.717, 1.165) is 6.42 Å². The molecule has 0 spiro atoms. The fraction of sp³-hybridized carbons (Fsp3) is 0.562. The number of aliphatic hydroxyl groups excluding tert-OH is 2. The standard InChI is InChI=1S/C6H8N2.C5H8O4S.C5H8O.ClH3N2O.Na/c1-2-3-4-6(8)5-7;1-2-3-4-5(6)10(7,8)9;1-2-3-4-5-6;1-2-3-4;/h1,6H,3-4,8H2;1,5-6H,3-4H2,(H,7,8,9);1,6H,3-5H2;2-4H;/q;;;;+1/p-1. The van der Waals surface area contributed by atoms with Gasteiger partial charge in [0.05, 0.1) is 12.1 Å². The molecule has 0 aromatic rings. The van der Waals surface area contributed by atoms with E-state index in [1.807, 2.05) is 6.07 Å². The number of aliphatic hydroxyl groups is 2. The van der Waals surface area contributed by atoms with Gasteiger partial charge in [0.1, 0.15) is 15.6 Å². The predicted octanol–water partition coefficient (Wildman–Crippen LogP) is -3.47. The first kappa shape index (κ1) is 38.7. The summed E-state index contributed by atoms with van der Waals surface area (Å²) in [6.45, 7) is 0.212. The third-order valence-corrected chi connectivity index (χ3v) is 3.14. The van der Waals surface area contributed by atoms with E-state index >= 15 is 0 Å². The van der Waals surface area contributed by atoms with Crippen LogP contribution in [0, 0.1) is 48.4 Å². The zero-order valence-electron chi connectivity index (χ0n) is 16.2. The van der Waals surface area contributed by atoms with Crippen molar-refractivity contribution in [2.45, 2.75) is 50.0 Å². The van der Waals surface area contributed by atoms with Gasteiger partial charge in [0, 0.05) is 25.9 Å². The van der Waals surface area contributed by atoms with Crippen LogP contribution < -0.4 is 45.8 Å². The van der Waals surface area contributed by atoms with Crippen LogP contribution in [0.2, 0.25) is 0 Å². The number of halogens is 1. The van der Waals surface area contributed by atoms with Crippen molar-refractivity contribution >= 4 is 21.9 Å². The average Bonchev–Trinajstić information content (AvgIpc) is 2.68. The van der Waals surface area contributed by atoms with Gasteiger partial charge in [-0.15, -0.1) is 47.6 Å². The Morgan fingerprint density at radius 2 is 1.55 bits per heavy atom. The van der Waals surface area contributed by atoms with Gasteiger partial charge in [-0.25, -0.2) is 8.42 Å². The molecule has 10 nitrogen and oxygen atoms in total. The second-order valence-electron chi connectivity index (χ2n) is 4.41. The van der Waals surface area contributed by atoms with E-state index in [0.29, 0.717) is 19.3 Å². The number of nitrogens with one attached hydrogen (secondary N) is 2. The van der Waals surface area contributed by atoms with E-state index in [2.05, 4.69) is 29.5 Å². The molecule has 0 aromatic carbocycles. The van der Waals surface area contributed by atoms with Gasteiger partial charge in [-0.3, -0.25) is 0 Å². The minimum absolute atomic E-state index is 0. The van der Waals surface area contributed by atoms with Crippen LogP contribution >= 0.6 is 11.8 Å². The molecule has 0 saturated heterocycles. The van der Waals surface area contributed by atoms with Gasteiger partial charge in [0.25, 0.3) is 0 Å². The number of nitrogens with zero attached hydrogens (tertiary/aromatic N) is 1. The van der Waals surface area contributed by atoms with E-state index in [1.165, 1.54) is 5.59 Å². The molecule has 13 heteroatoms. The van der Waals surface area contributed by atoms with Crippen molar-refractivity contribution in [3.8, 4) is 43.1 Å². The van der Waals surface area contributed by atoms with Crippen LogP contribution in [0.1, 0.15) is 38.5 Å². The maximum absolute atomic E-state index is 9.96. The van der Waals surface area contributed by atoms with Crippen LogP contribution in [0.15, 0.2) is 0 Å². The van der Waals surface area contributed by atoms with Crippen LogP contribution in [0.4, 0.5) is 0 Å². The third kappa shape index (κ3) is 46.8. The molecule has 2 atom stereocenters. The number of nitrogens with two attached hydrogens (primary N) is 1. The van der Waals surface area contributed by atoms with Crippen molar-refractivity contribution in [2.24, 2.45) is 5.73 Å². The SMILES string of the molecule is C#CCCC(N)C#N.C#CCCC(O)S(=O)(=O)[O-].C#CCCCO.ONNCl.[Na+]. The Labute approximate surface area is 200 Å². The van der Waals surface area contributed by atoms with Crippen LogP contribution in [0.3, 0.4) is 0 Å². The number of unbranched alkanes of at least 4 members (excludes halogenated alkanes) is 1. The fourth-order valence-electron chi connectivity index (χ4n) is 0.836. The summed E-state index contributed by atoms with van der Waals surface area (Å²) in [5.41, 5.74) is 4.79. The molecular weight excluding hydrogens is 435 g/mol. The van der Waals surface area contributed by atoms with Gasteiger partial charge in [0.2, 0.25) is 0 Å². The molecule has 0 aliphatic heterocycles. The van der Waals surface area contributed by atoms with Crippen LogP contribution in [0.5, 0.6) is 0 Å². The molecule has 2 unspecified atom stereocenters. The van der Waals surface area contributed by atoms with Gasteiger partial charge in [-0.2, -0.15) is 5.26 Å². The maximum Gasteiger partial charge on any atom is 1.00 e. The number of hydrogen-bond donors (Lipinski definition) is 6. The van der Waals surface area contributed by atoms with Crippen molar-refractivity contribution in [1.82, 2.24) is 10.5 Å². The van der Waals surface area contributed by atoms with Gasteiger partial charge in [-0.05, 0) is 31.0 Å². The fourth-order valence-corrected chi connectivity index (χ4v) is 1.24. The van der Waals surface area contributed by atoms with Crippen molar-refractivity contribution in [3.63, 3.8) is 0 Å². The monoisotopic (exact) mass is 460 g/mol. The Balaban J connectivity index is -0.0000000916. The molecule has 0 aliphatic rings. The van der Waals surface area contributed by atoms with E-state index in [9.17, 15) is 13.0 Å². The third-order valence-electron chi connectivity index (χ3n) is 2.16. The molecule has 0 radical (unpaired) electrons. The number of rotatable bonds is 8. The molecule has 0 bridgehead atoms. The van der Waals surface area contributed by atoms with Crippen LogP contribution in [-0.2, 0) is 10.1 Å². The van der Waals surface area contributed by atoms with Crippen molar-refractivity contribution in [3.05, 3.63) is 0 Å². The predicted molar refractivity (Wildman–Crippen MR) is 104 cm³/mol. The smallest absolute Gasteiger partial charge is 0.746 e. The number of hydrogen-bond acceptors (Lipinski definition) is 10. The topological polar surface area (TPSA) is 192 Å². The first-order valence-corrected chi connectivity index (χ1v) is 9.41. The second kappa shape index (κ2) is 31.8. The molecule has 160 valence electrons. The molecule has 29 heavy (non-hydrogen) atoms. The normalized spacial score (nSPS) is 10.6. The number of terminal acetylenes is 3. The van der Waals surface area contributed by atoms with Gasteiger partial charge >= 0.3 is 29.6 Å². The first-order valence-electron chi connectivity index (χ1n) is 7.56. The van der Waals surface area contributed by atoms with Crippen LogP contribution in [0.25, 0.3) is 0 Å². The Kier molecular flexibility index (Phi) is 42.5. The Morgan fingerprint density at radius 3 is 1.79 bits per heavy atom. The second-order valence-corrected chi connectivity index (χ2v) is 6.12. The number of nitriles is 1. The maximum atomic E-state index is 9.96. The summed E-state index contributed by atoms with van der Waals surface area (Å²) in [5.74, 6) is 6.92. The van der Waals surface area contributed by atoms with E-state index < -0.39 is 15.6 Å². The summed E-state index contributed by atoms with van der Waals surface area (Å²) in [5, 5.41) is 32.1. The summed E-state index contributed by atoms with van der Waals surface area (Å²) >= 11 is 4.57. The molecule has 0 rings (SSSR count). The molecule has 0 aromatic heterocycles. The van der Waals surface area contributed by atoms with E-state index in [-0.39, 0.29) is 55.0 Å². The molecular formula is C16H26ClN4NaO6S. The molecule has 7 N–H and O–H groups in total. The van der Waals surface area contributed by atoms with Crippen molar-refractivity contribution in [1.29, 1.82) is 5.26 Å². The molecule has 0 heterocycles. The minimum Gasteiger partial charge on any atom is -0.746 e. The molecule has 0 amide bonds. The van der Waals surface area contributed by atoms with Crippen molar-refractivity contribution in [2.75, 3.05) is 6.61 Å². The minimum atomic E-state index is -4.57. The van der Waals surface area contributed by atoms with Crippen molar-refractivity contribution < 1.29 is 57.9 Å². The zero-order valence-corrected chi connectivity index (χ0v) is 19.8. The summed E-state index contributed by atoms with van der Waals surface area (Å²) in [7, 11) is -4.57. The Morgan fingerprint density at radius 1 is 1.14 bits per heavy atom. The van der Waals surface area contributed by atoms with Gasteiger partial charge in [-0.1, -0.05) is 0 Å². The first-order chi connectivity index (χ1) is 13.1. The summed E-state index contributed by atoms with van der Waals surface area (Å²) < 4.78 is 29.9. The van der Waals surface area contributed by atoms with Gasteiger partial charge in [0.15, 0.2) is 0 Å². The zero-order chi connectivity index (χ0) is 22.8. The summed E-state index contributed by atoms with van der Waals surface area (Å²) in [6.07, 6.45) is 17.0. The Bertz CT molecular complexity index is 609. The van der Waals surface area contributed by atoms with Crippen LogP contribution in [-0.4, -0.2) is 46.5 Å². The quantitative estimate of drug-likeness (QED) is 0.0529. The Hall–Kier alpha value is -0.870. The molecule has 0 saturated carbocycles.